The van der Waals surface area contributed by atoms with Crippen LogP contribution in [0.25, 0.3) is 0 Å². The van der Waals surface area contributed by atoms with Gasteiger partial charge in [0, 0.05) is 37.8 Å². The summed E-state index contributed by atoms with van der Waals surface area (Å²) in [4.78, 5) is 45.6. The van der Waals surface area contributed by atoms with E-state index in [2.05, 4.69) is 15.3 Å². The average molecular weight is 570 g/mol. The summed E-state index contributed by atoms with van der Waals surface area (Å²) in [6.07, 6.45) is -4.91. The van der Waals surface area contributed by atoms with Crippen LogP contribution in [-0.4, -0.2) is 55.0 Å². The molecule has 3 amide bonds. The summed E-state index contributed by atoms with van der Waals surface area (Å²) in [5.41, 5.74) is -0.981. The van der Waals surface area contributed by atoms with Gasteiger partial charge in [-0.25, -0.2) is 22.9 Å². The number of hydrogen-bond donors (Lipinski definition) is 3. The lowest BCUT2D eigenvalue weighted by atomic mass is 10.0. The Balaban J connectivity index is 1.57. The number of fused-ring (bicyclic) bond motifs is 1. The highest BCUT2D eigenvalue weighted by atomic mass is 19.4. The zero-order chi connectivity index (χ0) is 29.2. The summed E-state index contributed by atoms with van der Waals surface area (Å²) in [5.74, 6) is -7.04. The van der Waals surface area contributed by atoms with E-state index < -0.39 is 84.0 Å². The van der Waals surface area contributed by atoms with Crippen LogP contribution in [0.4, 0.5) is 36.8 Å². The van der Waals surface area contributed by atoms with Crippen LogP contribution >= 0.6 is 0 Å². The third-order valence-corrected chi connectivity index (χ3v) is 6.05. The molecule has 40 heavy (non-hydrogen) atoms. The molecule has 4 rings (SSSR count). The normalized spacial score (nSPS) is 13.9. The first-order chi connectivity index (χ1) is 18.8. The topological polar surface area (TPSA) is 129 Å². The fourth-order valence-corrected chi connectivity index (χ4v) is 4.28. The predicted molar refractivity (Wildman–Crippen MR) is 124 cm³/mol. The van der Waals surface area contributed by atoms with Crippen molar-refractivity contribution in [2.24, 2.45) is 0 Å². The maximum absolute atomic E-state index is 14.1. The number of carbonyl (C=O) groups is 3. The largest absolute Gasteiger partial charge is 0.465 e. The molecule has 0 spiro atoms. The number of alkyl halides is 3. The number of anilines is 1. The number of carboxylic acid groups (broad SMARTS) is 1. The third kappa shape index (κ3) is 6.32. The molecule has 3 N–H and O–H groups in total. The first-order valence-electron chi connectivity index (χ1n) is 11.6. The molecule has 3 heterocycles. The van der Waals surface area contributed by atoms with E-state index in [-0.39, 0.29) is 30.5 Å². The maximum atomic E-state index is 14.1. The van der Waals surface area contributed by atoms with Crippen LogP contribution in [0.1, 0.15) is 34.0 Å². The number of amides is 3. The summed E-state index contributed by atoms with van der Waals surface area (Å²) in [5, 5.41) is 13.6. The Morgan fingerprint density at radius 1 is 1.07 bits per heavy atom. The van der Waals surface area contributed by atoms with Crippen molar-refractivity contribution in [3.05, 3.63) is 76.9 Å². The van der Waals surface area contributed by atoms with E-state index in [0.717, 1.165) is 9.47 Å². The summed E-state index contributed by atoms with van der Waals surface area (Å²) in [6, 6.07) is 2.48. The molecule has 16 heteroatoms. The van der Waals surface area contributed by atoms with Crippen molar-refractivity contribution < 1.29 is 45.8 Å². The number of nitrogens with one attached hydrogen (secondary N) is 2. The second kappa shape index (κ2) is 11.2. The molecule has 2 aromatic heterocycles. The van der Waals surface area contributed by atoms with Crippen LogP contribution in [0.2, 0.25) is 0 Å². The van der Waals surface area contributed by atoms with E-state index in [1.165, 1.54) is 24.5 Å². The summed E-state index contributed by atoms with van der Waals surface area (Å²) in [6.45, 7) is -1.09. The quantitative estimate of drug-likeness (QED) is 0.294. The third-order valence-electron chi connectivity index (χ3n) is 6.05. The number of benzene rings is 1. The fourth-order valence-electron chi connectivity index (χ4n) is 4.28. The minimum Gasteiger partial charge on any atom is -0.465 e. The molecule has 0 fully saturated rings. The number of halogens is 6. The van der Waals surface area contributed by atoms with E-state index in [1.54, 1.807) is 0 Å². The molecular weight excluding hydrogens is 550 g/mol. The number of aromatic nitrogens is 3. The van der Waals surface area contributed by atoms with Crippen molar-refractivity contribution in [1.29, 1.82) is 0 Å². The SMILES string of the molecule is O=C(O)N[C@@H](CC(=O)N1CCn2c(C(F)(F)F)nc(C(=O)Nc3cccnc3)c2C1)Cc1cc(F)c(F)cc1F. The zero-order valence-electron chi connectivity index (χ0n) is 20.3. The molecule has 3 aromatic rings. The second-order valence-corrected chi connectivity index (χ2v) is 8.80. The molecule has 0 saturated carbocycles. The summed E-state index contributed by atoms with van der Waals surface area (Å²) >= 11 is 0. The molecule has 0 bridgehead atoms. The smallest absolute Gasteiger partial charge is 0.449 e. The number of rotatable bonds is 7. The molecule has 1 aliphatic heterocycles. The highest BCUT2D eigenvalue weighted by Crippen LogP contribution is 2.33. The Morgan fingerprint density at radius 2 is 1.80 bits per heavy atom. The van der Waals surface area contributed by atoms with Crippen LogP contribution in [0, 0.1) is 17.5 Å². The molecule has 1 atom stereocenters. The molecule has 212 valence electrons. The molecular formula is C24H20F6N6O4. The summed E-state index contributed by atoms with van der Waals surface area (Å²) in [7, 11) is 0. The Labute approximate surface area is 221 Å². The molecule has 0 aliphatic carbocycles. The van der Waals surface area contributed by atoms with E-state index >= 15 is 0 Å². The first-order valence-corrected chi connectivity index (χ1v) is 11.6. The highest BCUT2D eigenvalue weighted by Gasteiger charge is 2.42. The first kappa shape index (κ1) is 28.4. The van der Waals surface area contributed by atoms with Crippen LogP contribution < -0.4 is 10.6 Å². The van der Waals surface area contributed by atoms with E-state index in [0.29, 0.717) is 6.07 Å². The Kier molecular flexibility index (Phi) is 7.97. The number of hydrogen-bond acceptors (Lipinski definition) is 5. The number of nitrogens with zero attached hydrogens (tertiary/aromatic N) is 4. The number of imidazole rings is 1. The van der Waals surface area contributed by atoms with Gasteiger partial charge < -0.3 is 25.2 Å². The van der Waals surface area contributed by atoms with Gasteiger partial charge in [0.1, 0.15) is 5.82 Å². The Hall–Kier alpha value is -4.63. The van der Waals surface area contributed by atoms with E-state index in [4.69, 9.17) is 5.11 Å². The van der Waals surface area contributed by atoms with Crippen molar-refractivity contribution in [3.8, 4) is 0 Å². The fraction of sp³-hybridized carbons (Fsp3) is 0.292. The molecule has 1 aliphatic rings. The van der Waals surface area contributed by atoms with Crippen LogP contribution in [0.5, 0.6) is 0 Å². The van der Waals surface area contributed by atoms with Crippen molar-refractivity contribution in [2.75, 3.05) is 11.9 Å². The van der Waals surface area contributed by atoms with Crippen LogP contribution in [0.3, 0.4) is 0 Å². The number of carbonyl (C=O) groups excluding carboxylic acids is 2. The van der Waals surface area contributed by atoms with E-state index in [1.807, 2.05) is 5.32 Å². The van der Waals surface area contributed by atoms with Crippen LogP contribution in [-0.2, 0) is 30.5 Å². The lowest BCUT2D eigenvalue weighted by Gasteiger charge is -2.31. The molecule has 10 nitrogen and oxygen atoms in total. The van der Waals surface area contributed by atoms with Crippen molar-refractivity contribution in [1.82, 2.24) is 24.8 Å². The van der Waals surface area contributed by atoms with Gasteiger partial charge in [-0.15, -0.1) is 0 Å². The maximum Gasteiger partial charge on any atom is 0.449 e. The van der Waals surface area contributed by atoms with Gasteiger partial charge in [0.25, 0.3) is 5.91 Å². The summed E-state index contributed by atoms with van der Waals surface area (Å²) < 4.78 is 82.8. The lowest BCUT2D eigenvalue weighted by molar-refractivity contribution is -0.148. The van der Waals surface area contributed by atoms with Gasteiger partial charge >= 0.3 is 12.3 Å². The van der Waals surface area contributed by atoms with Crippen molar-refractivity contribution in [2.45, 2.75) is 38.1 Å². The lowest BCUT2D eigenvalue weighted by Crippen LogP contribution is -2.44. The van der Waals surface area contributed by atoms with Gasteiger partial charge in [0.2, 0.25) is 11.7 Å². The number of pyridine rings is 1. The molecule has 0 radical (unpaired) electrons. The zero-order valence-corrected chi connectivity index (χ0v) is 20.3. The van der Waals surface area contributed by atoms with E-state index in [9.17, 15) is 40.7 Å². The Morgan fingerprint density at radius 3 is 2.45 bits per heavy atom. The van der Waals surface area contributed by atoms with Gasteiger partial charge in [-0.3, -0.25) is 14.6 Å². The van der Waals surface area contributed by atoms with Crippen molar-refractivity contribution >= 4 is 23.6 Å². The molecule has 0 saturated heterocycles. The van der Waals surface area contributed by atoms with Gasteiger partial charge in [-0.2, -0.15) is 13.2 Å². The minimum absolute atomic E-state index is 0.193. The molecule has 1 aromatic carbocycles. The standard InChI is InChI=1S/C24H20F6N6O4/c25-15-9-17(27)16(26)7-12(15)6-14(33-23(39)40)8-19(37)35-4-5-36-18(11-35)20(34-22(36)24(28,29)30)21(38)32-13-2-1-3-31-10-13/h1-3,7,9-10,14,33H,4-6,8,11H2,(H,32,38)(H,39,40)/t14-/m1/s1. The van der Waals surface area contributed by atoms with Crippen molar-refractivity contribution in [3.63, 3.8) is 0 Å². The molecule has 0 unspecified atom stereocenters. The monoisotopic (exact) mass is 570 g/mol. The van der Waals surface area contributed by atoms with Crippen LogP contribution in [0.15, 0.2) is 36.7 Å². The van der Waals surface area contributed by atoms with Gasteiger partial charge in [0.15, 0.2) is 17.3 Å². The highest BCUT2D eigenvalue weighted by molar-refractivity contribution is 6.03. The second-order valence-electron chi connectivity index (χ2n) is 8.80. The van der Waals surface area contributed by atoms with Gasteiger partial charge in [-0.05, 0) is 30.2 Å². The van der Waals surface area contributed by atoms with Gasteiger partial charge in [-0.1, -0.05) is 0 Å². The average Bonchev–Trinajstić information content (AvgIpc) is 3.27. The predicted octanol–water partition coefficient (Wildman–Crippen LogP) is 3.58. The Bertz CT molecular complexity index is 1450. The van der Waals surface area contributed by atoms with Gasteiger partial charge in [0.05, 0.1) is 24.1 Å². The minimum atomic E-state index is -4.90.